The number of ether oxygens (including phenoxy) is 1. The molecule has 1 aromatic heterocycles. The van der Waals surface area contributed by atoms with Crippen LogP contribution >= 0.6 is 11.6 Å². The molecule has 0 saturated heterocycles. The summed E-state index contributed by atoms with van der Waals surface area (Å²) in [6, 6.07) is 16.0. The Balaban J connectivity index is 1.77. The molecule has 2 aromatic carbocycles. The number of nitrogens with one attached hydrogen (secondary N) is 1. The highest BCUT2D eigenvalue weighted by molar-refractivity contribution is 6.36. The summed E-state index contributed by atoms with van der Waals surface area (Å²) in [6.45, 7) is 2.06. The Hall–Kier alpha value is -3.64. The summed E-state index contributed by atoms with van der Waals surface area (Å²) in [5.41, 5.74) is 3.53. The molecular weight excluding hydrogens is 414 g/mol. The Bertz CT molecular complexity index is 1170. The molecular formula is C24H20ClN3O3. The third kappa shape index (κ3) is 4.15. The van der Waals surface area contributed by atoms with Crippen LogP contribution in [0.15, 0.2) is 72.7 Å². The van der Waals surface area contributed by atoms with Gasteiger partial charge in [0.05, 0.1) is 19.2 Å². The molecule has 0 saturated carbocycles. The Labute approximate surface area is 185 Å². The van der Waals surface area contributed by atoms with E-state index in [1.165, 1.54) is 4.90 Å². The standard InChI is InChI=1S/C24H20ClN3O3/c1-15-3-6-18(25)13-20(15)27-22-21(17-4-7-19(31-2)8-5-17)23(29)28(24(22)30)14-16-9-11-26-12-10-16/h3-13,27H,14H2,1-2H3. The van der Waals surface area contributed by atoms with E-state index in [1.54, 1.807) is 68.0 Å². The van der Waals surface area contributed by atoms with Crippen molar-refractivity contribution in [1.29, 1.82) is 0 Å². The molecule has 0 atom stereocenters. The third-order valence-corrected chi connectivity index (χ3v) is 5.33. The Morgan fingerprint density at radius 2 is 1.71 bits per heavy atom. The molecule has 31 heavy (non-hydrogen) atoms. The van der Waals surface area contributed by atoms with Gasteiger partial charge >= 0.3 is 0 Å². The van der Waals surface area contributed by atoms with Crippen LogP contribution in [-0.2, 0) is 16.1 Å². The van der Waals surface area contributed by atoms with Crippen LogP contribution in [0.1, 0.15) is 16.7 Å². The number of amides is 2. The van der Waals surface area contributed by atoms with Gasteiger partial charge in [-0.1, -0.05) is 29.8 Å². The van der Waals surface area contributed by atoms with Gasteiger partial charge in [-0.15, -0.1) is 0 Å². The van der Waals surface area contributed by atoms with Crippen LogP contribution in [0.25, 0.3) is 5.57 Å². The minimum atomic E-state index is -0.396. The maximum Gasteiger partial charge on any atom is 0.278 e. The van der Waals surface area contributed by atoms with Crippen LogP contribution in [0.5, 0.6) is 5.75 Å². The zero-order valence-electron chi connectivity index (χ0n) is 17.1. The highest BCUT2D eigenvalue weighted by atomic mass is 35.5. The van der Waals surface area contributed by atoms with Crippen molar-refractivity contribution < 1.29 is 14.3 Å². The number of halogens is 1. The van der Waals surface area contributed by atoms with Gasteiger partial charge in [-0.2, -0.15) is 0 Å². The number of pyridine rings is 1. The zero-order chi connectivity index (χ0) is 22.0. The summed E-state index contributed by atoms with van der Waals surface area (Å²) in [5.74, 6) is -0.101. The Kier molecular flexibility index (Phi) is 5.73. The van der Waals surface area contributed by atoms with Gasteiger partial charge in [-0.25, -0.2) is 0 Å². The molecule has 0 bridgehead atoms. The van der Waals surface area contributed by atoms with E-state index >= 15 is 0 Å². The van der Waals surface area contributed by atoms with E-state index in [4.69, 9.17) is 16.3 Å². The summed E-state index contributed by atoms with van der Waals surface area (Å²) < 4.78 is 5.22. The van der Waals surface area contributed by atoms with Gasteiger partial charge in [0.15, 0.2) is 0 Å². The van der Waals surface area contributed by atoms with Crippen molar-refractivity contribution in [3.63, 3.8) is 0 Å². The fourth-order valence-corrected chi connectivity index (χ4v) is 3.57. The van der Waals surface area contributed by atoms with Crippen molar-refractivity contribution in [2.45, 2.75) is 13.5 Å². The fraction of sp³-hybridized carbons (Fsp3) is 0.125. The second-order valence-corrected chi connectivity index (χ2v) is 7.55. The number of imide groups is 1. The molecule has 156 valence electrons. The Morgan fingerprint density at radius 1 is 1.00 bits per heavy atom. The molecule has 1 aliphatic heterocycles. The lowest BCUT2D eigenvalue weighted by atomic mass is 10.0. The first kappa shape index (κ1) is 20.6. The van der Waals surface area contributed by atoms with E-state index in [1.807, 2.05) is 13.0 Å². The van der Waals surface area contributed by atoms with Crippen LogP contribution in [0.2, 0.25) is 5.02 Å². The minimum absolute atomic E-state index is 0.152. The monoisotopic (exact) mass is 433 g/mol. The number of nitrogens with zero attached hydrogens (tertiary/aromatic N) is 2. The van der Waals surface area contributed by atoms with E-state index in [2.05, 4.69) is 10.3 Å². The molecule has 2 amide bonds. The van der Waals surface area contributed by atoms with Crippen molar-refractivity contribution in [2.24, 2.45) is 0 Å². The van der Waals surface area contributed by atoms with E-state index in [0.29, 0.717) is 27.6 Å². The van der Waals surface area contributed by atoms with Gasteiger partial charge in [-0.05, 0) is 60.0 Å². The molecule has 0 radical (unpaired) electrons. The summed E-state index contributed by atoms with van der Waals surface area (Å²) in [5, 5.41) is 3.70. The number of rotatable bonds is 6. The number of hydrogen-bond donors (Lipinski definition) is 1. The lowest BCUT2D eigenvalue weighted by molar-refractivity contribution is -0.137. The lowest BCUT2D eigenvalue weighted by Gasteiger charge is -2.15. The minimum Gasteiger partial charge on any atom is -0.497 e. The number of benzene rings is 2. The number of aryl methyl sites for hydroxylation is 1. The molecule has 3 aromatic rings. The van der Waals surface area contributed by atoms with Crippen molar-refractivity contribution >= 4 is 34.7 Å². The first-order valence-electron chi connectivity index (χ1n) is 9.65. The van der Waals surface area contributed by atoms with Crippen LogP contribution in [0.4, 0.5) is 5.69 Å². The smallest absolute Gasteiger partial charge is 0.278 e. The van der Waals surface area contributed by atoms with Crippen LogP contribution in [-0.4, -0.2) is 28.8 Å². The van der Waals surface area contributed by atoms with E-state index in [-0.39, 0.29) is 18.1 Å². The predicted octanol–water partition coefficient (Wildman–Crippen LogP) is 4.44. The molecule has 2 heterocycles. The number of aromatic nitrogens is 1. The Morgan fingerprint density at radius 3 is 2.39 bits per heavy atom. The molecule has 7 heteroatoms. The van der Waals surface area contributed by atoms with E-state index in [0.717, 1.165) is 11.1 Å². The van der Waals surface area contributed by atoms with Gasteiger partial charge in [0.1, 0.15) is 11.4 Å². The molecule has 1 aliphatic rings. The van der Waals surface area contributed by atoms with Gasteiger partial charge in [0.25, 0.3) is 11.8 Å². The largest absolute Gasteiger partial charge is 0.497 e. The second kappa shape index (κ2) is 8.62. The lowest BCUT2D eigenvalue weighted by Crippen LogP contribution is -2.32. The molecule has 0 unspecified atom stereocenters. The second-order valence-electron chi connectivity index (χ2n) is 7.11. The number of carbonyl (C=O) groups is 2. The van der Waals surface area contributed by atoms with Gasteiger partial charge in [0.2, 0.25) is 0 Å². The van der Waals surface area contributed by atoms with Crippen molar-refractivity contribution in [3.05, 3.63) is 94.4 Å². The third-order valence-electron chi connectivity index (χ3n) is 5.10. The number of carbonyl (C=O) groups excluding carboxylic acids is 2. The summed E-state index contributed by atoms with van der Waals surface area (Å²) in [4.78, 5) is 31.9. The molecule has 1 N–H and O–H groups in total. The van der Waals surface area contributed by atoms with Crippen molar-refractivity contribution in [3.8, 4) is 5.75 Å². The van der Waals surface area contributed by atoms with Gasteiger partial charge < -0.3 is 10.1 Å². The summed E-state index contributed by atoms with van der Waals surface area (Å²) in [6.07, 6.45) is 3.26. The zero-order valence-corrected chi connectivity index (χ0v) is 17.8. The van der Waals surface area contributed by atoms with Crippen LogP contribution in [0.3, 0.4) is 0 Å². The predicted molar refractivity (Wildman–Crippen MR) is 120 cm³/mol. The highest BCUT2D eigenvalue weighted by Gasteiger charge is 2.39. The SMILES string of the molecule is COc1ccc(C2=C(Nc3cc(Cl)ccc3C)C(=O)N(Cc3ccncc3)C2=O)cc1. The highest BCUT2D eigenvalue weighted by Crippen LogP contribution is 2.33. The summed E-state index contributed by atoms with van der Waals surface area (Å²) in [7, 11) is 1.57. The average Bonchev–Trinajstić information content (AvgIpc) is 3.01. The molecule has 0 aliphatic carbocycles. The van der Waals surface area contributed by atoms with Crippen LogP contribution < -0.4 is 10.1 Å². The average molecular weight is 434 g/mol. The van der Waals surface area contributed by atoms with E-state index < -0.39 is 5.91 Å². The first-order chi connectivity index (χ1) is 15.0. The number of anilines is 1. The first-order valence-corrected chi connectivity index (χ1v) is 10.0. The molecule has 4 rings (SSSR count). The number of hydrogen-bond acceptors (Lipinski definition) is 5. The molecule has 6 nitrogen and oxygen atoms in total. The quantitative estimate of drug-likeness (QED) is 0.582. The molecule has 0 spiro atoms. The maximum atomic E-state index is 13.4. The van der Waals surface area contributed by atoms with Crippen molar-refractivity contribution in [2.75, 3.05) is 12.4 Å². The normalized spacial score (nSPS) is 13.7. The van der Waals surface area contributed by atoms with E-state index in [9.17, 15) is 9.59 Å². The topological polar surface area (TPSA) is 71.5 Å². The van der Waals surface area contributed by atoms with Gasteiger partial charge in [-0.3, -0.25) is 19.5 Å². The van der Waals surface area contributed by atoms with Crippen LogP contribution in [0, 0.1) is 6.92 Å². The maximum absolute atomic E-state index is 13.4. The molecule has 0 fully saturated rings. The van der Waals surface area contributed by atoms with Gasteiger partial charge in [0, 0.05) is 23.1 Å². The summed E-state index contributed by atoms with van der Waals surface area (Å²) >= 11 is 6.15. The number of methoxy groups -OCH3 is 1. The fourth-order valence-electron chi connectivity index (χ4n) is 3.40. The van der Waals surface area contributed by atoms with Crippen molar-refractivity contribution in [1.82, 2.24) is 9.88 Å².